The Morgan fingerprint density at radius 2 is 1.93 bits per heavy atom. The predicted octanol–water partition coefficient (Wildman–Crippen LogP) is 0.543. The summed E-state index contributed by atoms with van der Waals surface area (Å²) < 4.78 is 36.4. The molecule has 2 N–H and O–H groups in total. The first-order chi connectivity index (χ1) is 6.32. The molecule has 0 bridgehead atoms. The Hall–Kier alpha value is -0.595. The number of rotatable bonds is 1. The molecule has 14 heavy (non-hydrogen) atoms. The van der Waals surface area contributed by atoms with Crippen LogP contribution in [0.2, 0.25) is 0 Å². The molecule has 1 aromatic rings. The lowest BCUT2D eigenvalue weighted by atomic mass is 9.81. The first-order valence-electron chi connectivity index (χ1n) is 3.41. The van der Waals surface area contributed by atoms with E-state index in [1.54, 1.807) is 0 Å². The molecule has 0 radical (unpaired) electrons. The van der Waals surface area contributed by atoms with Crippen LogP contribution in [0.3, 0.4) is 0 Å². The zero-order valence-electron chi connectivity index (χ0n) is 6.59. The SMILES string of the molecule is OB(O)c1cc(C(F)(F)F)cnc1Br. The third-order valence-electron chi connectivity index (χ3n) is 1.47. The molecular weight excluding hydrogens is 266 g/mol. The van der Waals surface area contributed by atoms with Crippen LogP contribution >= 0.6 is 15.9 Å². The molecule has 8 heteroatoms. The zero-order valence-corrected chi connectivity index (χ0v) is 8.17. The quantitative estimate of drug-likeness (QED) is 0.578. The van der Waals surface area contributed by atoms with Crippen LogP contribution in [0, 0.1) is 0 Å². The van der Waals surface area contributed by atoms with E-state index in [1.807, 2.05) is 0 Å². The van der Waals surface area contributed by atoms with Gasteiger partial charge in [0.05, 0.1) is 5.56 Å². The van der Waals surface area contributed by atoms with Crippen LogP contribution in [0.4, 0.5) is 13.2 Å². The monoisotopic (exact) mass is 269 g/mol. The van der Waals surface area contributed by atoms with Crippen LogP contribution in [-0.2, 0) is 6.18 Å². The first kappa shape index (κ1) is 11.5. The molecule has 0 saturated heterocycles. The van der Waals surface area contributed by atoms with Gasteiger partial charge in [-0.1, -0.05) is 0 Å². The van der Waals surface area contributed by atoms with Crippen LogP contribution in [-0.4, -0.2) is 22.2 Å². The Bertz CT molecular complexity index is 344. The van der Waals surface area contributed by atoms with E-state index < -0.39 is 18.9 Å². The third-order valence-corrected chi connectivity index (χ3v) is 2.13. The summed E-state index contributed by atoms with van der Waals surface area (Å²) in [5, 5.41) is 17.4. The second-order valence-electron chi connectivity index (χ2n) is 2.48. The van der Waals surface area contributed by atoms with Crippen molar-refractivity contribution in [3.63, 3.8) is 0 Å². The summed E-state index contributed by atoms with van der Waals surface area (Å²) in [6, 6.07) is 0.627. The number of alkyl halides is 3. The van der Waals surface area contributed by atoms with Gasteiger partial charge in [0.25, 0.3) is 0 Å². The van der Waals surface area contributed by atoms with Gasteiger partial charge >= 0.3 is 13.3 Å². The van der Waals surface area contributed by atoms with Gasteiger partial charge in [0.1, 0.15) is 4.60 Å². The fourth-order valence-electron chi connectivity index (χ4n) is 0.801. The van der Waals surface area contributed by atoms with E-state index in [2.05, 4.69) is 20.9 Å². The Morgan fingerprint density at radius 3 is 2.36 bits per heavy atom. The average molecular weight is 270 g/mol. The molecule has 3 nitrogen and oxygen atoms in total. The number of nitrogens with zero attached hydrogens (tertiary/aromatic N) is 1. The van der Waals surface area contributed by atoms with Gasteiger partial charge in [-0.15, -0.1) is 0 Å². The normalized spacial score (nSPS) is 11.6. The molecule has 0 unspecified atom stereocenters. The summed E-state index contributed by atoms with van der Waals surface area (Å²) in [6.45, 7) is 0. The smallest absolute Gasteiger partial charge is 0.423 e. The Balaban J connectivity index is 3.20. The second kappa shape index (κ2) is 3.88. The van der Waals surface area contributed by atoms with Crippen molar-refractivity contribution < 1.29 is 23.2 Å². The van der Waals surface area contributed by atoms with Crippen LogP contribution in [0.25, 0.3) is 0 Å². The van der Waals surface area contributed by atoms with Crippen LogP contribution in [0.15, 0.2) is 16.9 Å². The van der Waals surface area contributed by atoms with Crippen LogP contribution in [0.5, 0.6) is 0 Å². The van der Waals surface area contributed by atoms with Crippen molar-refractivity contribution in [3.8, 4) is 0 Å². The third kappa shape index (κ3) is 2.46. The molecule has 0 amide bonds. The maximum atomic E-state index is 12.1. The lowest BCUT2D eigenvalue weighted by Crippen LogP contribution is -2.32. The highest BCUT2D eigenvalue weighted by molar-refractivity contribution is 9.10. The van der Waals surface area contributed by atoms with Gasteiger partial charge in [-0.25, -0.2) is 4.98 Å². The Kier molecular flexibility index (Phi) is 3.18. The Labute approximate surface area is 85.9 Å². The molecule has 0 spiro atoms. The minimum Gasteiger partial charge on any atom is -0.423 e. The number of pyridine rings is 1. The zero-order chi connectivity index (χ0) is 10.9. The molecule has 1 aromatic heterocycles. The molecular formula is C6H4BBrF3NO2. The van der Waals surface area contributed by atoms with E-state index in [-0.39, 0.29) is 10.1 Å². The van der Waals surface area contributed by atoms with Crippen LogP contribution in [0.1, 0.15) is 5.56 Å². The standard InChI is InChI=1S/C6H4BBrF3NO2/c8-5-4(7(13)14)1-3(2-12-5)6(9,10)11/h1-2,13-14H. The fourth-order valence-corrected chi connectivity index (χ4v) is 1.22. The van der Waals surface area contributed by atoms with Crippen molar-refractivity contribution >= 4 is 28.5 Å². The molecule has 0 aliphatic heterocycles. The highest BCUT2D eigenvalue weighted by Crippen LogP contribution is 2.28. The van der Waals surface area contributed by atoms with Gasteiger partial charge in [-0.05, 0) is 22.0 Å². The fraction of sp³-hybridized carbons (Fsp3) is 0.167. The van der Waals surface area contributed by atoms with Crippen molar-refractivity contribution in [2.75, 3.05) is 0 Å². The molecule has 1 rings (SSSR count). The maximum Gasteiger partial charge on any atom is 0.491 e. The van der Waals surface area contributed by atoms with E-state index in [1.165, 1.54) is 0 Å². The number of aromatic nitrogens is 1. The molecule has 0 aliphatic rings. The summed E-state index contributed by atoms with van der Waals surface area (Å²) in [5.74, 6) is 0. The highest BCUT2D eigenvalue weighted by atomic mass is 79.9. The molecule has 0 aromatic carbocycles. The lowest BCUT2D eigenvalue weighted by Gasteiger charge is -2.08. The molecule has 0 fully saturated rings. The van der Waals surface area contributed by atoms with E-state index in [0.717, 1.165) is 0 Å². The van der Waals surface area contributed by atoms with Crippen molar-refractivity contribution in [3.05, 3.63) is 22.4 Å². The maximum absolute atomic E-state index is 12.1. The van der Waals surface area contributed by atoms with Gasteiger partial charge in [0.15, 0.2) is 0 Å². The summed E-state index contributed by atoms with van der Waals surface area (Å²) in [5.41, 5.74) is -1.34. The van der Waals surface area contributed by atoms with Gasteiger partial charge in [0, 0.05) is 11.7 Å². The average Bonchev–Trinajstić information content (AvgIpc) is 2.02. The second-order valence-corrected chi connectivity index (χ2v) is 3.23. The topological polar surface area (TPSA) is 53.4 Å². The molecule has 0 aliphatic carbocycles. The first-order valence-corrected chi connectivity index (χ1v) is 4.20. The number of halogens is 4. The van der Waals surface area contributed by atoms with E-state index in [9.17, 15) is 13.2 Å². The van der Waals surface area contributed by atoms with E-state index in [0.29, 0.717) is 12.3 Å². The van der Waals surface area contributed by atoms with Crippen molar-refractivity contribution in [1.82, 2.24) is 4.98 Å². The number of hydrogen-bond acceptors (Lipinski definition) is 3. The largest absolute Gasteiger partial charge is 0.491 e. The predicted molar refractivity (Wildman–Crippen MR) is 46.8 cm³/mol. The summed E-state index contributed by atoms with van der Waals surface area (Å²) in [7, 11) is -1.99. The van der Waals surface area contributed by atoms with Crippen molar-refractivity contribution in [2.24, 2.45) is 0 Å². The minimum absolute atomic E-state index is 0.0273. The lowest BCUT2D eigenvalue weighted by molar-refractivity contribution is -0.137. The van der Waals surface area contributed by atoms with E-state index in [4.69, 9.17) is 10.0 Å². The van der Waals surface area contributed by atoms with Gasteiger partial charge in [-0.3, -0.25) is 0 Å². The van der Waals surface area contributed by atoms with Crippen molar-refractivity contribution in [2.45, 2.75) is 6.18 Å². The summed E-state index contributed by atoms with van der Waals surface area (Å²) in [4.78, 5) is 3.34. The van der Waals surface area contributed by atoms with Gasteiger partial charge < -0.3 is 10.0 Å². The summed E-state index contributed by atoms with van der Waals surface area (Å²) >= 11 is 2.80. The highest BCUT2D eigenvalue weighted by Gasteiger charge is 2.32. The summed E-state index contributed by atoms with van der Waals surface area (Å²) in [6.07, 6.45) is -3.94. The molecule has 0 saturated carbocycles. The van der Waals surface area contributed by atoms with Gasteiger partial charge in [-0.2, -0.15) is 13.2 Å². The Morgan fingerprint density at radius 1 is 1.36 bits per heavy atom. The molecule has 1 heterocycles. The van der Waals surface area contributed by atoms with Crippen LogP contribution < -0.4 is 5.46 Å². The van der Waals surface area contributed by atoms with Crippen molar-refractivity contribution in [1.29, 1.82) is 0 Å². The molecule has 76 valence electrons. The minimum atomic E-state index is -4.54. The van der Waals surface area contributed by atoms with E-state index >= 15 is 0 Å². The molecule has 0 atom stereocenters. The van der Waals surface area contributed by atoms with Gasteiger partial charge in [0.2, 0.25) is 0 Å². The number of hydrogen-bond donors (Lipinski definition) is 2.